The number of aryl methyl sites for hydroxylation is 1. The van der Waals surface area contributed by atoms with Crippen LogP contribution in [0.25, 0.3) is 0 Å². The summed E-state index contributed by atoms with van der Waals surface area (Å²) in [6, 6.07) is 4.94. The standard InChI is InChI=1S/C15H21NO3S/c1-10(2)9-16-20(18,19)14-8-13(5-4-11(14)3)15(17)12-6-7-12/h4-5,8,10,12,16H,6-7,9H2,1-3H3. The SMILES string of the molecule is Cc1ccc(C(=O)C2CC2)cc1S(=O)(=O)NCC(C)C. The van der Waals surface area contributed by atoms with Crippen molar-refractivity contribution >= 4 is 15.8 Å². The fraction of sp³-hybridized carbons (Fsp3) is 0.533. The van der Waals surface area contributed by atoms with Gasteiger partial charge in [0.2, 0.25) is 10.0 Å². The summed E-state index contributed by atoms with van der Waals surface area (Å²) in [7, 11) is -3.55. The molecule has 0 aromatic heterocycles. The van der Waals surface area contributed by atoms with Crippen molar-refractivity contribution in [2.45, 2.75) is 38.5 Å². The third-order valence-corrected chi connectivity index (χ3v) is 4.96. The molecule has 0 heterocycles. The quantitative estimate of drug-likeness (QED) is 0.820. The van der Waals surface area contributed by atoms with Crippen molar-refractivity contribution in [3.8, 4) is 0 Å². The van der Waals surface area contributed by atoms with Crippen LogP contribution in [0.5, 0.6) is 0 Å². The number of Topliss-reactive ketones (excluding diaryl/α,β-unsaturated/α-hetero) is 1. The van der Waals surface area contributed by atoms with Crippen LogP contribution in [0.15, 0.2) is 23.1 Å². The van der Waals surface area contributed by atoms with Gasteiger partial charge in [-0.25, -0.2) is 13.1 Å². The van der Waals surface area contributed by atoms with Gasteiger partial charge in [-0.1, -0.05) is 26.0 Å². The second-order valence-corrected chi connectivity index (χ2v) is 7.60. The van der Waals surface area contributed by atoms with E-state index in [2.05, 4.69) is 4.72 Å². The number of carbonyl (C=O) groups is 1. The van der Waals surface area contributed by atoms with Crippen LogP contribution in [-0.4, -0.2) is 20.7 Å². The summed E-state index contributed by atoms with van der Waals surface area (Å²) in [5.74, 6) is 0.392. The molecule has 0 spiro atoms. The van der Waals surface area contributed by atoms with Crippen LogP contribution < -0.4 is 4.72 Å². The molecule has 0 bridgehead atoms. The van der Waals surface area contributed by atoms with Crippen molar-refractivity contribution in [1.29, 1.82) is 0 Å². The molecule has 0 unspecified atom stereocenters. The number of carbonyl (C=O) groups excluding carboxylic acids is 1. The number of benzene rings is 1. The van der Waals surface area contributed by atoms with Gasteiger partial charge < -0.3 is 0 Å². The Bertz CT molecular complexity index is 616. The zero-order valence-corrected chi connectivity index (χ0v) is 13.0. The Morgan fingerprint density at radius 1 is 1.35 bits per heavy atom. The maximum Gasteiger partial charge on any atom is 0.240 e. The zero-order valence-electron chi connectivity index (χ0n) is 12.1. The van der Waals surface area contributed by atoms with Crippen molar-refractivity contribution in [3.63, 3.8) is 0 Å². The van der Waals surface area contributed by atoms with E-state index in [4.69, 9.17) is 0 Å². The predicted molar refractivity (Wildman–Crippen MR) is 78.3 cm³/mol. The molecule has 0 amide bonds. The Balaban J connectivity index is 2.30. The van der Waals surface area contributed by atoms with Gasteiger partial charge in [-0.05, 0) is 37.3 Å². The zero-order chi connectivity index (χ0) is 14.9. The van der Waals surface area contributed by atoms with Crippen molar-refractivity contribution in [2.75, 3.05) is 6.54 Å². The van der Waals surface area contributed by atoms with Crippen LogP contribution in [0.3, 0.4) is 0 Å². The molecule has 1 fully saturated rings. The van der Waals surface area contributed by atoms with Gasteiger partial charge in [0.05, 0.1) is 4.90 Å². The molecule has 110 valence electrons. The van der Waals surface area contributed by atoms with E-state index >= 15 is 0 Å². The molecule has 0 radical (unpaired) electrons. The number of rotatable bonds is 6. The molecule has 1 aliphatic carbocycles. The lowest BCUT2D eigenvalue weighted by molar-refractivity contribution is 0.0967. The molecule has 2 rings (SSSR count). The maximum atomic E-state index is 12.3. The molecule has 1 aromatic rings. The molecule has 20 heavy (non-hydrogen) atoms. The van der Waals surface area contributed by atoms with E-state index < -0.39 is 10.0 Å². The highest BCUT2D eigenvalue weighted by molar-refractivity contribution is 7.89. The van der Waals surface area contributed by atoms with Crippen LogP contribution in [0.4, 0.5) is 0 Å². The second-order valence-electron chi connectivity index (χ2n) is 5.86. The smallest absolute Gasteiger partial charge is 0.240 e. The largest absolute Gasteiger partial charge is 0.294 e. The van der Waals surface area contributed by atoms with Crippen molar-refractivity contribution < 1.29 is 13.2 Å². The highest BCUT2D eigenvalue weighted by Crippen LogP contribution is 2.33. The van der Waals surface area contributed by atoms with Gasteiger partial charge in [0, 0.05) is 18.0 Å². The van der Waals surface area contributed by atoms with E-state index in [9.17, 15) is 13.2 Å². The first-order valence-electron chi connectivity index (χ1n) is 6.96. The van der Waals surface area contributed by atoms with Crippen LogP contribution in [0.2, 0.25) is 0 Å². The molecule has 1 saturated carbocycles. The predicted octanol–water partition coefficient (Wildman–Crippen LogP) is 2.52. The molecule has 0 aliphatic heterocycles. The summed E-state index contributed by atoms with van der Waals surface area (Å²) in [6.45, 7) is 6.03. The monoisotopic (exact) mass is 295 g/mol. The molecule has 5 heteroatoms. The minimum Gasteiger partial charge on any atom is -0.294 e. The molecule has 1 aromatic carbocycles. The summed E-state index contributed by atoms with van der Waals surface area (Å²) in [4.78, 5) is 12.3. The first kappa shape index (κ1) is 15.2. The van der Waals surface area contributed by atoms with Gasteiger partial charge in [-0.15, -0.1) is 0 Å². The molecular formula is C15H21NO3S. The lowest BCUT2D eigenvalue weighted by atomic mass is 10.1. The fourth-order valence-corrected chi connectivity index (χ4v) is 3.46. The average molecular weight is 295 g/mol. The first-order valence-corrected chi connectivity index (χ1v) is 8.44. The van der Waals surface area contributed by atoms with Gasteiger partial charge in [0.15, 0.2) is 5.78 Å². The third kappa shape index (κ3) is 3.46. The Hall–Kier alpha value is -1.20. The number of sulfonamides is 1. The Morgan fingerprint density at radius 3 is 2.55 bits per heavy atom. The van der Waals surface area contributed by atoms with Gasteiger partial charge in [0.1, 0.15) is 0 Å². The number of hydrogen-bond donors (Lipinski definition) is 1. The van der Waals surface area contributed by atoms with Crippen LogP contribution in [-0.2, 0) is 10.0 Å². The summed E-state index contributed by atoms with van der Waals surface area (Å²) in [5, 5.41) is 0. The summed E-state index contributed by atoms with van der Waals surface area (Å²) in [5.41, 5.74) is 1.16. The van der Waals surface area contributed by atoms with E-state index in [-0.39, 0.29) is 22.5 Å². The second kappa shape index (κ2) is 5.66. The maximum absolute atomic E-state index is 12.3. The lowest BCUT2D eigenvalue weighted by Crippen LogP contribution is -2.28. The topological polar surface area (TPSA) is 63.2 Å². The van der Waals surface area contributed by atoms with Gasteiger partial charge in [-0.3, -0.25) is 4.79 Å². The minimum atomic E-state index is -3.55. The number of ketones is 1. The van der Waals surface area contributed by atoms with Crippen molar-refractivity contribution in [1.82, 2.24) is 4.72 Å². The molecular weight excluding hydrogens is 274 g/mol. The highest BCUT2D eigenvalue weighted by atomic mass is 32.2. The summed E-state index contributed by atoms with van der Waals surface area (Å²) >= 11 is 0. The first-order chi connectivity index (χ1) is 9.31. The van der Waals surface area contributed by atoms with E-state index in [1.807, 2.05) is 13.8 Å². The van der Waals surface area contributed by atoms with E-state index in [0.29, 0.717) is 17.7 Å². The Labute approximate surface area is 120 Å². The molecule has 4 nitrogen and oxygen atoms in total. The lowest BCUT2D eigenvalue weighted by Gasteiger charge is -2.12. The van der Waals surface area contributed by atoms with E-state index in [1.54, 1.807) is 19.1 Å². The summed E-state index contributed by atoms with van der Waals surface area (Å²) < 4.78 is 27.2. The van der Waals surface area contributed by atoms with Crippen LogP contribution in [0, 0.1) is 18.8 Å². The Morgan fingerprint density at radius 2 is 2.00 bits per heavy atom. The Kier molecular flexibility index (Phi) is 4.30. The highest BCUT2D eigenvalue weighted by Gasteiger charge is 2.31. The minimum absolute atomic E-state index is 0.0605. The molecule has 0 saturated heterocycles. The fourth-order valence-electron chi connectivity index (χ4n) is 1.98. The van der Waals surface area contributed by atoms with Crippen molar-refractivity contribution in [2.24, 2.45) is 11.8 Å². The van der Waals surface area contributed by atoms with Gasteiger partial charge in [0.25, 0.3) is 0 Å². The van der Waals surface area contributed by atoms with Crippen LogP contribution in [0.1, 0.15) is 42.6 Å². The van der Waals surface area contributed by atoms with Crippen LogP contribution >= 0.6 is 0 Å². The normalized spacial score (nSPS) is 15.6. The van der Waals surface area contributed by atoms with E-state index in [0.717, 1.165) is 12.8 Å². The van der Waals surface area contributed by atoms with Crippen molar-refractivity contribution in [3.05, 3.63) is 29.3 Å². The average Bonchev–Trinajstić information content (AvgIpc) is 3.20. The van der Waals surface area contributed by atoms with E-state index in [1.165, 1.54) is 6.07 Å². The number of nitrogens with one attached hydrogen (secondary N) is 1. The van der Waals surface area contributed by atoms with Gasteiger partial charge >= 0.3 is 0 Å². The molecule has 1 N–H and O–H groups in total. The molecule has 1 aliphatic rings. The molecule has 0 atom stereocenters. The summed E-state index contributed by atoms with van der Waals surface area (Å²) in [6.07, 6.45) is 1.83. The third-order valence-electron chi connectivity index (χ3n) is 3.39. The number of hydrogen-bond acceptors (Lipinski definition) is 3. The van der Waals surface area contributed by atoms with Gasteiger partial charge in [-0.2, -0.15) is 0 Å².